The molecule has 1 aliphatic heterocycles. The molecule has 4 nitrogen and oxygen atoms in total. The predicted octanol–water partition coefficient (Wildman–Crippen LogP) is 0.973. The van der Waals surface area contributed by atoms with Crippen LogP contribution in [0.25, 0.3) is 0 Å². The second-order valence-corrected chi connectivity index (χ2v) is 5.40. The summed E-state index contributed by atoms with van der Waals surface area (Å²) in [6, 6.07) is 0.904. The van der Waals surface area contributed by atoms with Crippen molar-refractivity contribution in [1.82, 2.24) is 15.5 Å². The highest BCUT2D eigenvalue weighted by Crippen LogP contribution is 2.12. The summed E-state index contributed by atoms with van der Waals surface area (Å²) in [7, 11) is 3.60. The van der Waals surface area contributed by atoms with Gasteiger partial charge < -0.3 is 15.5 Å². The fraction of sp³-hybridized carbons (Fsp3) is 0.923. The van der Waals surface area contributed by atoms with Crippen LogP contribution < -0.4 is 10.6 Å². The lowest BCUT2D eigenvalue weighted by Gasteiger charge is -2.28. The molecule has 4 heteroatoms. The van der Waals surface area contributed by atoms with Crippen molar-refractivity contribution in [2.24, 2.45) is 0 Å². The van der Waals surface area contributed by atoms with Crippen LogP contribution in [0.15, 0.2) is 0 Å². The molecule has 0 radical (unpaired) electrons. The van der Waals surface area contributed by atoms with Crippen LogP contribution in [0.3, 0.4) is 0 Å². The van der Waals surface area contributed by atoms with E-state index in [0.717, 1.165) is 13.0 Å². The Bertz CT molecular complexity index is 237. The Labute approximate surface area is 105 Å². The van der Waals surface area contributed by atoms with E-state index in [1.807, 2.05) is 6.92 Å². The highest BCUT2D eigenvalue weighted by atomic mass is 16.2. The van der Waals surface area contributed by atoms with Crippen LogP contribution in [0.1, 0.15) is 39.5 Å². The Hall–Kier alpha value is -0.610. The molecule has 3 unspecified atom stereocenters. The van der Waals surface area contributed by atoms with Gasteiger partial charge in [-0.2, -0.15) is 0 Å². The van der Waals surface area contributed by atoms with Gasteiger partial charge in [0.1, 0.15) is 0 Å². The van der Waals surface area contributed by atoms with Gasteiger partial charge in [-0.25, -0.2) is 0 Å². The fourth-order valence-electron chi connectivity index (χ4n) is 2.51. The van der Waals surface area contributed by atoms with Gasteiger partial charge in [0.15, 0.2) is 0 Å². The molecule has 100 valence electrons. The van der Waals surface area contributed by atoms with E-state index < -0.39 is 0 Å². The first-order chi connectivity index (χ1) is 8.00. The molecule has 1 amide bonds. The second-order valence-electron chi connectivity index (χ2n) is 5.40. The molecular weight excluding hydrogens is 214 g/mol. The molecule has 3 atom stereocenters. The van der Waals surface area contributed by atoms with Gasteiger partial charge in [-0.15, -0.1) is 0 Å². The van der Waals surface area contributed by atoms with E-state index in [9.17, 15) is 4.79 Å². The van der Waals surface area contributed by atoms with Crippen molar-refractivity contribution in [3.8, 4) is 0 Å². The van der Waals surface area contributed by atoms with Crippen molar-refractivity contribution in [1.29, 1.82) is 0 Å². The van der Waals surface area contributed by atoms with Crippen LogP contribution >= 0.6 is 0 Å². The van der Waals surface area contributed by atoms with Crippen molar-refractivity contribution < 1.29 is 4.79 Å². The Morgan fingerprint density at radius 3 is 2.65 bits per heavy atom. The van der Waals surface area contributed by atoms with Gasteiger partial charge >= 0.3 is 0 Å². The van der Waals surface area contributed by atoms with Crippen LogP contribution in [0.2, 0.25) is 0 Å². The van der Waals surface area contributed by atoms with E-state index in [0.29, 0.717) is 12.1 Å². The van der Waals surface area contributed by atoms with Crippen molar-refractivity contribution in [2.45, 2.75) is 57.7 Å². The van der Waals surface area contributed by atoms with Gasteiger partial charge in [-0.1, -0.05) is 6.42 Å². The first kappa shape index (κ1) is 14.5. The lowest BCUT2D eigenvalue weighted by Crippen LogP contribution is -2.47. The summed E-state index contributed by atoms with van der Waals surface area (Å²) in [6.07, 6.45) is 5.00. The van der Waals surface area contributed by atoms with Crippen LogP contribution in [0.5, 0.6) is 0 Å². The summed E-state index contributed by atoms with van der Waals surface area (Å²) in [5.74, 6) is 0.147. The normalized spacial score (nSPS) is 24.1. The Morgan fingerprint density at radius 2 is 2.12 bits per heavy atom. The van der Waals surface area contributed by atoms with Crippen LogP contribution in [0, 0.1) is 0 Å². The molecule has 0 aliphatic carbocycles. The molecule has 0 aromatic rings. The Morgan fingerprint density at radius 1 is 1.41 bits per heavy atom. The number of piperidine rings is 1. The lowest BCUT2D eigenvalue weighted by atomic mass is 9.98. The molecule has 0 aromatic heterocycles. The van der Waals surface area contributed by atoms with Gasteiger partial charge in [0, 0.05) is 26.2 Å². The number of carbonyl (C=O) groups excluding carboxylic acids is 1. The number of amides is 1. The van der Waals surface area contributed by atoms with Gasteiger partial charge in [-0.3, -0.25) is 4.79 Å². The average Bonchev–Trinajstić information content (AvgIpc) is 2.28. The molecule has 1 rings (SSSR count). The third-order valence-corrected chi connectivity index (χ3v) is 3.40. The molecule has 1 aliphatic rings. The van der Waals surface area contributed by atoms with E-state index in [2.05, 4.69) is 17.6 Å². The van der Waals surface area contributed by atoms with E-state index in [1.54, 1.807) is 19.0 Å². The average molecular weight is 241 g/mol. The molecule has 0 bridgehead atoms. The Balaban J connectivity index is 2.27. The zero-order valence-electron chi connectivity index (χ0n) is 11.6. The number of hydrogen-bond acceptors (Lipinski definition) is 3. The third-order valence-electron chi connectivity index (χ3n) is 3.40. The van der Waals surface area contributed by atoms with Crippen LogP contribution in [-0.2, 0) is 4.79 Å². The lowest BCUT2D eigenvalue weighted by molar-refractivity contribution is -0.130. The van der Waals surface area contributed by atoms with E-state index >= 15 is 0 Å². The standard InChI is InChI=1S/C13H27N3O/c1-10(9-12-7-5-6-8-14-12)15-11(2)13(17)16(3)4/h10-12,14-15H,5-9H2,1-4H3. The minimum Gasteiger partial charge on any atom is -0.347 e. The van der Waals surface area contributed by atoms with Crippen LogP contribution in [0.4, 0.5) is 0 Å². The van der Waals surface area contributed by atoms with E-state index in [-0.39, 0.29) is 11.9 Å². The second kappa shape index (κ2) is 6.97. The molecule has 2 N–H and O–H groups in total. The smallest absolute Gasteiger partial charge is 0.238 e. The molecule has 17 heavy (non-hydrogen) atoms. The summed E-state index contributed by atoms with van der Waals surface area (Å²) in [5.41, 5.74) is 0. The molecule has 1 saturated heterocycles. The maximum atomic E-state index is 11.7. The number of nitrogens with zero attached hydrogens (tertiary/aromatic N) is 1. The molecule has 0 aromatic carbocycles. The first-order valence-corrected chi connectivity index (χ1v) is 6.71. The van der Waals surface area contributed by atoms with E-state index in [4.69, 9.17) is 0 Å². The fourth-order valence-corrected chi connectivity index (χ4v) is 2.51. The highest BCUT2D eigenvalue weighted by molar-refractivity contribution is 5.80. The van der Waals surface area contributed by atoms with Gasteiger partial charge in [0.2, 0.25) is 5.91 Å². The van der Waals surface area contributed by atoms with E-state index in [1.165, 1.54) is 19.3 Å². The zero-order chi connectivity index (χ0) is 12.8. The van der Waals surface area contributed by atoms with Crippen molar-refractivity contribution in [3.63, 3.8) is 0 Å². The van der Waals surface area contributed by atoms with Crippen LogP contribution in [-0.4, -0.2) is 49.6 Å². The first-order valence-electron chi connectivity index (χ1n) is 6.71. The number of hydrogen-bond donors (Lipinski definition) is 2. The number of carbonyl (C=O) groups is 1. The summed E-state index contributed by atoms with van der Waals surface area (Å²) in [6.45, 7) is 5.24. The summed E-state index contributed by atoms with van der Waals surface area (Å²) in [4.78, 5) is 13.4. The summed E-state index contributed by atoms with van der Waals surface area (Å²) >= 11 is 0. The number of rotatable bonds is 5. The summed E-state index contributed by atoms with van der Waals surface area (Å²) < 4.78 is 0. The maximum Gasteiger partial charge on any atom is 0.238 e. The Kier molecular flexibility index (Phi) is 5.92. The number of likely N-dealkylation sites (N-methyl/N-ethyl adjacent to an activating group) is 1. The number of nitrogens with one attached hydrogen (secondary N) is 2. The van der Waals surface area contributed by atoms with Crippen molar-refractivity contribution >= 4 is 5.91 Å². The van der Waals surface area contributed by atoms with Crippen molar-refractivity contribution in [2.75, 3.05) is 20.6 Å². The van der Waals surface area contributed by atoms with Crippen molar-refractivity contribution in [3.05, 3.63) is 0 Å². The minimum absolute atomic E-state index is 0.0939. The minimum atomic E-state index is -0.0939. The SMILES string of the molecule is CC(CC1CCCCN1)NC(C)C(=O)N(C)C. The highest BCUT2D eigenvalue weighted by Gasteiger charge is 2.20. The topological polar surface area (TPSA) is 44.4 Å². The van der Waals surface area contributed by atoms with Gasteiger partial charge in [-0.05, 0) is 39.7 Å². The molecule has 1 fully saturated rings. The largest absolute Gasteiger partial charge is 0.347 e. The van der Waals surface area contributed by atoms with Gasteiger partial charge in [0.05, 0.1) is 6.04 Å². The molecule has 1 heterocycles. The zero-order valence-corrected chi connectivity index (χ0v) is 11.6. The molecular formula is C13H27N3O. The monoisotopic (exact) mass is 241 g/mol. The molecule has 0 spiro atoms. The quantitative estimate of drug-likeness (QED) is 0.754. The summed E-state index contributed by atoms with van der Waals surface area (Å²) in [5, 5.41) is 6.92. The maximum absolute atomic E-state index is 11.7. The molecule has 0 saturated carbocycles. The third kappa shape index (κ3) is 5.04. The van der Waals surface area contributed by atoms with Gasteiger partial charge in [0.25, 0.3) is 0 Å². The predicted molar refractivity (Wildman–Crippen MR) is 71.0 cm³/mol.